The maximum atomic E-state index is 2.66. The van der Waals surface area contributed by atoms with Gasteiger partial charge in [-0.3, -0.25) is 0 Å². The van der Waals surface area contributed by atoms with Gasteiger partial charge in [0.2, 0.25) is 0 Å². The van der Waals surface area contributed by atoms with E-state index >= 15 is 0 Å². The van der Waals surface area contributed by atoms with Gasteiger partial charge >= 0.3 is 0 Å². The fourth-order valence-electron chi connectivity index (χ4n) is 12.8. The summed E-state index contributed by atoms with van der Waals surface area (Å²) in [5, 5.41) is 0. The van der Waals surface area contributed by atoms with E-state index in [0.717, 1.165) is 11.4 Å². The van der Waals surface area contributed by atoms with Crippen molar-refractivity contribution in [2.75, 3.05) is 9.80 Å². The van der Waals surface area contributed by atoms with Crippen LogP contribution in [0.4, 0.5) is 34.1 Å². The van der Waals surface area contributed by atoms with Crippen LogP contribution in [0, 0.1) is 0 Å². The second-order valence-corrected chi connectivity index (χ2v) is 24.6. The Morgan fingerprint density at radius 3 is 1.33 bits per heavy atom. The van der Waals surface area contributed by atoms with Crippen LogP contribution in [0.25, 0.3) is 33.4 Å². The van der Waals surface area contributed by atoms with Gasteiger partial charge in [-0.15, -0.1) is 0 Å². The molecule has 0 unspecified atom stereocenters. The third-order valence-corrected chi connectivity index (χ3v) is 16.8. The van der Waals surface area contributed by atoms with E-state index in [1.54, 1.807) is 0 Å². The standard InChI is InChI=1S/C73H65BN2/c1-70(2,3)52-34-37-57(38-35-52)75-66-46-60-59-32-22-23-33-61(59)73(53-28-18-12-19-29-53,54-30-20-13-21-31-54)62(60)47-64(66)74-63-43-55(71(4,5)6)36-39-65(63)76(68-45-56(72(7,8)9)44-67(75)69(68)74)58-41-50(48-24-14-10-15-25-48)40-51(42-58)49-26-16-11-17-27-49/h10-47H,1-9H3. The number of hydrogen-bond acceptors (Lipinski definition) is 2. The molecule has 0 radical (unpaired) electrons. The second kappa shape index (κ2) is 17.5. The van der Waals surface area contributed by atoms with Crippen molar-refractivity contribution in [1.82, 2.24) is 0 Å². The number of rotatable bonds is 6. The summed E-state index contributed by atoms with van der Waals surface area (Å²) >= 11 is 0. The Morgan fingerprint density at radius 2 is 0.789 bits per heavy atom. The fraction of sp³-hybridized carbons (Fsp3) is 0.178. The lowest BCUT2D eigenvalue weighted by Gasteiger charge is -2.46. The molecule has 10 aromatic rings. The molecule has 370 valence electrons. The Labute approximate surface area is 451 Å². The third-order valence-electron chi connectivity index (χ3n) is 16.8. The Morgan fingerprint density at radius 1 is 0.316 bits per heavy atom. The highest BCUT2D eigenvalue weighted by molar-refractivity contribution is 7.00. The molecule has 2 aliphatic heterocycles. The number of fused-ring (bicyclic) bond motifs is 7. The number of hydrogen-bond donors (Lipinski definition) is 0. The van der Waals surface area contributed by atoms with Gasteiger partial charge in [-0.2, -0.15) is 0 Å². The molecule has 0 bridgehead atoms. The van der Waals surface area contributed by atoms with Crippen molar-refractivity contribution < 1.29 is 0 Å². The molecule has 0 atom stereocenters. The van der Waals surface area contributed by atoms with Crippen LogP contribution in [-0.4, -0.2) is 6.71 Å². The van der Waals surface area contributed by atoms with Gasteiger partial charge < -0.3 is 9.80 Å². The highest BCUT2D eigenvalue weighted by atomic mass is 15.2. The monoisotopic (exact) mass is 981 g/mol. The van der Waals surface area contributed by atoms with E-state index in [0.29, 0.717) is 0 Å². The summed E-state index contributed by atoms with van der Waals surface area (Å²) < 4.78 is 0. The molecule has 0 fully saturated rings. The van der Waals surface area contributed by atoms with E-state index in [9.17, 15) is 0 Å². The van der Waals surface area contributed by atoms with Gasteiger partial charge in [0.15, 0.2) is 0 Å². The molecule has 3 heteroatoms. The highest BCUT2D eigenvalue weighted by Gasteiger charge is 2.50. The largest absolute Gasteiger partial charge is 0.311 e. The summed E-state index contributed by atoms with van der Waals surface area (Å²) in [7, 11) is 0. The van der Waals surface area contributed by atoms with Gasteiger partial charge in [0, 0.05) is 34.1 Å². The Hall–Kier alpha value is -8.14. The summed E-state index contributed by atoms with van der Waals surface area (Å²) in [5.41, 5.74) is 26.7. The van der Waals surface area contributed by atoms with Crippen molar-refractivity contribution in [2.45, 2.75) is 84.0 Å². The van der Waals surface area contributed by atoms with E-state index in [1.807, 2.05) is 0 Å². The predicted molar refractivity (Wildman–Crippen MR) is 325 cm³/mol. The lowest BCUT2D eigenvalue weighted by Crippen LogP contribution is -2.62. The van der Waals surface area contributed by atoms with Crippen LogP contribution in [0.15, 0.2) is 231 Å². The van der Waals surface area contributed by atoms with E-state index in [-0.39, 0.29) is 23.0 Å². The molecule has 0 aromatic heterocycles. The summed E-state index contributed by atoms with van der Waals surface area (Å²) in [6.45, 7) is 21.0. The van der Waals surface area contributed by atoms with Crippen LogP contribution in [-0.2, 0) is 21.7 Å². The van der Waals surface area contributed by atoms with Crippen LogP contribution in [0.5, 0.6) is 0 Å². The van der Waals surface area contributed by atoms with Gasteiger partial charge in [0.1, 0.15) is 0 Å². The van der Waals surface area contributed by atoms with Crippen molar-refractivity contribution in [3.8, 4) is 33.4 Å². The predicted octanol–water partition coefficient (Wildman–Crippen LogP) is 17.4. The maximum absolute atomic E-state index is 2.66. The SMILES string of the molecule is CC(C)(C)c1ccc(N2c3cc4c(cc3B3c5cc(C(C)(C)C)ccc5N(c5cc(-c6ccccc6)cc(-c6ccccc6)c5)c5cc(C(C)(C)C)cc2c53)C(c2ccccc2)(c2ccccc2)c2ccccc2-4)cc1. The van der Waals surface area contributed by atoms with Gasteiger partial charge in [0.05, 0.1) is 5.41 Å². The van der Waals surface area contributed by atoms with Crippen molar-refractivity contribution >= 4 is 57.2 Å². The second-order valence-electron chi connectivity index (χ2n) is 24.6. The van der Waals surface area contributed by atoms with Crippen molar-refractivity contribution in [3.05, 3.63) is 269 Å². The van der Waals surface area contributed by atoms with Crippen molar-refractivity contribution in [3.63, 3.8) is 0 Å². The van der Waals surface area contributed by atoms with E-state index in [4.69, 9.17) is 0 Å². The van der Waals surface area contributed by atoms with Crippen LogP contribution in [0.3, 0.4) is 0 Å². The summed E-state index contributed by atoms with van der Waals surface area (Å²) in [5.74, 6) is 0. The first kappa shape index (κ1) is 47.6. The smallest absolute Gasteiger partial charge is 0.252 e. The van der Waals surface area contributed by atoms with Gasteiger partial charge in [-0.05, 0) is 160 Å². The molecule has 10 aromatic carbocycles. The molecule has 2 nitrogen and oxygen atoms in total. The third kappa shape index (κ3) is 7.53. The first-order valence-corrected chi connectivity index (χ1v) is 27.3. The molecule has 0 saturated carbocycles. The molecule has 13 rings (SSSR count). The first-order valence-electron chi connectivity index (χ1n) is 27.3. The lowest BCUT2D eigenvalue weighted by atomic mass is 9.33. The topological polar surface area (TPSA) is 6.48 Å². The average molecular weight is 981 g/mol. The lowest BCUT2D eigenvalue weighted by molar-refractivity contribution is 0.590. The van der Waals surface area contributed by atoms with Crippen molar-refractivity contribution in [2.24, 2.45) is 0 Å². The zero-order valence-corrected chi connectivity index (χ0v) is 45.4. The van der Waals surface area contributed by atoms with Crippen LogP contribution < -0.4 is 26.2 Å². The van der Waals surface area contributed by atoms with Gasteiger partial charge in [-0.25, -0.2) is 0 Å². The Bertz CT molecular complexity index is 3760. The van der Waals surface area contributed by atoms with Crippen molar-refractivity contribution in [1.29, 1.82) is 0 Å². The Balaban J connectivity index is 1.18. The first-order chi connectivity index (χ1) is 36.6. The summed E-state index contributed by atoms with van der Waals surface area (Å²) in [6.07, 6.45) is 0. The average Bonchev–Trinajstić information content (AvgIpc) is 3.92. The molecule has 2 heterocycles. The molecule has 76 heavy (non-hydrogen) atoms. The molecule has 0 amide bonds. The normalized spacial score (nSPS) is 14.1. The molecule has 3 aliphatic rings. The molecule has 0 N–H and O–H groups in total. The van der Waals surface area contributed by atoms with Gasteiger partial charge in [-0.1, -0.05) is 238 Å². The summed E-state index contributed by atoms with van der Waals surface area (Å²) in [4.78, 5) is 5.26. The molecular weight excluding hydrogens is 916 g/mol. The molecule has 0 saturated heterocycles. The van der Waals surface area contributed by atoms with E-state index < -0.39 is 5.41 Å². The van der Waals surface area contributed by atoms with Crippen LogP contribution in [0.2, 0.25) is 0 Å². The van der Waals surface area contributed by atoms with E-state index in [2.05, 4.69) is 303 Å². The van der Waals surface area contributed by atoms with Crippen LogP contribution >= 0.6 is 0 Å². The minimum Gasteiger partial charge on any atom is -0.311 e. The zero-order chi connectivity index (χ0) is 52.3. The fourth-order valence-corrected chi connectivity index (χ4v) is 12.8. The minimum atomic E-state index is -0.565. The minimum absolute atomic E-state index is 0.000644. The molecule has 1 aliphatic carbocycles. The molecule has 0 spiro atoms. The van der Waals surface area contributed by atoms with E-state index in [1.165, 1.54) is 111 Å². The Kier molecular flexibility index (Phi) is 10.9. The van der Waals surface area contributed by atoms with Crippen LogP contribution in [0.1, 0.15) is 101 Å². The molecular formula is C73H65BN2. The van der Waals surface area contributed by atoms with Gasteiger partial charge in [0.25, 0.3) is 6.71 Å². The highest BCUT2D eigenvalue weighted by Crippen LogP contribution is 2.58. The number of benzene rings is 10. The number of nitrogens with zero attached hydrogens (tertiary/aromatic N) is 2. The zero-order valence-electron chi connectivity index (χ0n) is 45.4. The number of anilines is 6. The quantitative estimate of drug-likeness (QED) is 0.153. The summed E-state index contributed by atoms with van der Waals surface area (Å²) in [6, 6.07) is 88.0. The maximum Gasteiger partial charge on any atom is 0.252 e.